The highest BCUT2D eigenvalue weighted by molar-refractivity contribution is 5.94. The van der Waals surface area contributed by atoms with Crippen LogP contribution in [0.5, 0.6) is 0 Å². The SMILES string of the molecule is O=C(c1ccc(F)c(C(F)(F)F)c1)N1CCCCC1. The van der Waals surface area contributed by atoms with Crippen LogP contribution >= 0.6 is 0 Å². The number of benzene rings is 1. The van der Waals surface area contributed by atoms with Crippen molar-refractivity contribution in [2.75, 3.05) is 13.1 Å². The van der Waals surface area contributed by atoms with E-state index in [0.29, 0.717) is 25.2 Å². The summed E-state index contributed by atoms with van der Waals surface area (Å²) in [5.41, 5.74) is -1.51. The van der Waals surface area contributed by atoms with E-state index in [1.54, 1.807) is 0 Å². The second-order valence-corrected chi connectivity index (χ2v) is 4.55. The molecular weight excluding hydrogens is 262 g/mol. The molecule has 104 valence electrons. The number of hydrogen-bond acceptors (Lipinski definition) is 1. The van der Waals surface area contributed by atoms with Gasteiger partial charge < -0.3 is 4.90 Å². The molecule has 1 aromatic carbocycles. The Labute approximate surface area is 108 Å². The number of carbonyl (C=O) groups excluding carboxylic acids is 1. The van der Waals surface area contributed by atoms with Crippen LogP contribution in [0.2, 0.25) is 0 Å². The van der Waals surface area contributed by atoms with Gasteiger partial charge in [0.2, 0.25) is 0 Å². The largest absolute Gasteiger partial charge is 0.419 e. The van der Waals surface area contributed by atoms with Gasteiger partial charge in [0, 0.05) is 18.7 Å². The summed E-state index contributed by atoms with van der Waals surface area (Å²) in [5, 5.41) is 0. The van der Waals surface area contributed by atoms with Gasteiger partial charge in [-0.25, -0.2) is 4.39 Å². The molecule has 19 heavy (non-hydrogen) atoms. The van der Waals surface area contributed by atoms with E-state index in [0.717, 1.165) is 25.3 Å². The summed E-state index contributed by atoms with van der Waals surface area (Å²) in [7, 11) is 0. The average Bonchev–Trinajstić information content (AvgIpc) is 2.38. The van der Waals surface area contributed by atoms with E-state index < -0.39 is 23.5 Å². The van der Waals surface area contributed by atoms with Gasteiger partial charge in [0.25, 0.3) is 5.91 Å². The van der Waals surface area contributed by atoms with Crippen molar-refractivity contribution in [2.24, 2.45) is 0 Å². The number of amides is 1. The van der Waals surface area contributed by atoms with Crippen LogP contribution in [0.4, 0.5) is 17.6 Å². The maximum atomic E-state index is 13.1. The van der Waals surface area contributed by atoms with Crippen molar-refractivity contribution >= 4 is 5.91 Å². The van der Waals surface area contributed by atoms with E-state index in [1.807, 2.05) is 0 Å². The zero-order valence-corrected chi connectivity index (χ0v) is 10.1. The van der Waals surface area contributed by atoms with Crippen LogP contribution < -0.4 is 0 Å². The van der Waals surface area contributed by atoms with Crippen LogP contribution in [0.25, 0.3) is 0 Å². The zero-order chi connectivity index (χ0) is 14.0. The molecule has 1 aromatic rings. The molecule has 1 aliphatic rings. The van der Waals surface area contributed by atoms with Crippen LogP contribution in [-0.2, 0) is 6.18 Å². The fraction of sp³-hybridized carbons (Fsp3) is 0.462. The van der Waals surface area contributed by atoms with Gasteiger partial charge in [0.15, 0.2) is 0 Å². The molecule has 0 aromatic heterocycles. The predicted octanol–water partition coefficient (Wildman–Crippen LogP) is 3.47. The molecule has 1 fully saturated rings. The number of likely N-dealkylation sites (tertiary alicyclic amines) is 1. The minimum Gasteiger partial charge on any atom is -0.339 e. The fourth-order valence-corrected chi connectivity index (χ4v) is 2.16. The standard InChI is InChI=1S/C13H13F4NO/c14-11-5-4-9(8-10(11)13(15,16)17)12(19)18-6-2-1-3-7-18/h4-5,8H,1-3,6-7H2. The summed E-state index contributed by atoms with van der Waals surface area (Å²) >= 11 is 0. The summed E-state index contributed by atoms with van der Waals surface area (Å²) in [4.78, 5) is 13.5. The lowest BCUT2D eigenvalue weighted by Gasteiger charge is -2.27. The van der Waals surface area contributed by atoms with Gasteiger partial charge >= 0.3 is 6.18 Å². The van der Waals surface area contributed by atoms with Crippen LogP contribution in [0.3, 0.4) is 0 Å². The van der Waals surface area contributed by atoms with Crippen LogP contribution in [0.1, 0.15) is 35.2 Å². The Hall–Kier alpha value is -1.59. The van der Waals surface area contributed by atoms with Crippen molar-refractivity contribution in [3.8, 4) is 0 Å². The summed E-state index contributed by atoms with van der Waals surface area (Å²) < 4.78 is 50.8. The monoisotopic (exact) mass is 275 g/mol. The Morgan fingerprint density at radius 2 is 1.74 bits per heavy atom. The number of alkyl halides is 3. The van der Waals surface area contributed by atoms with Crippen molar-refractivity contribution in [3.05, 3.63) is 35.1 Å². The summed E-state index contributed by atoms with van der Waals surface area (Å²) in [5.74, 6) is -1.83. The molecule has 6 heteroatoms. The Kier molecular flexibility index (Phi) is 3.78. The molecule has 1 heterocycles. The van der Waals surface area contributed by atoms with Crippen LogP contribution in [-0.4, -0.2) is 23.9 Å². The van der Waals surface area contributed by atoms with E-state index in [9.17, 15) is 22.4 Å². The lowest BCUT2D eigenvalue weighted by atomic mass is 10.1. The molecule has 0 unspecified atom stereocenters. The average molecular weight is 275 g/mol. The third-order valence-corrected chi connectivity index (χ3v) is 3.16. The highest BCUT2D eigenvalue weighted by atomic mass is 19.4. The maximum Gasteiger partial charge on any atom is 0.419 e. The lowest BCUT2D eigenvalue weighted by Crippen LogP contribution is -2.35. The normalized spacial score (nSPS) is 16.5. The van der Waals surface area contributed by atoms with Crippen molar-refractivity contribution < 1.29 is 22.4 Å². The molecule has 0 atom stereocenters. The first-order chi connectivity index (χ1) is 8.89. The molecule has 1 aliphatic heterocycles. The topological polar surface area (TPSA) is 20.3 Å². The summed E-state index contributed by atoms with van der Waals surface area (Å²) in [6.45, 7) is 1.08. The molecular formula is C13H13F4NO. The minimum atomic E-state index is -4.79. The third kappa shape index (κ3) is 3.05. The second kappa shape index (κ2) is 5.19. The van der Waals surface area contributed by atoms with Gasteiger partial charge in [0.05, 0.1) is 5.56 Å². The maximum absolute atomic E-state index is 13.1. The summed E-state index contributed by atoms with van der Waals surface area (Å²) in [6, 6.07) is 2.38. The minimum absolute atomic E-state index is 0.115. The van der Waals surface area contributed by atoms with Crippen molar-refractivity contribution in [2.45, 2.75) is 25.4 Å². The number of nitrogens with zero attached hydrogens (tertiary/aromatic N) is 1. The third-order valence-electron chi connectivity index (χ3n) is 3.16. The van der Waals surface area contributed by atoms with Crippen molar-refractivity contribution in [1.82, 2.24) is 4.90 Å². The molecule has 0 bridgehead atoms. The second-order valence-electron chi connectivity index (χ2n) is 4.55. The highest BCUT2D eigenvalue weighted by Crippen LogP contribution is 2.32. The Bertz CT molecular complexity index is 478. The predicted molar refractivity (Wildman–Crippen MR) is 61.2 cm³/mol. The van der Waals surface area contributed by atoms with Crippen molar-refractivity contribution in [3.63, 3.8) is 0 Å². The van der Waals surface area contributed by atoms with E-state index in [2.05, 4.69) is 0 Å². The van der Waals surface area contributed by atoms with Gasteiger partial charge in [0.1, 0.15) is 5.82 Å². The number of rotatable bonds is 1. The van der Waals surface area contributed by atoms with Crippen molar-refractivity contribution in [1.29, 1.82) is 0 Å². The van der Waals surface area contributed by atoms with Crippen LogP contribution in [0.15, 0.2) is 18.2 Å². The molecule has 0 spiro atoms. The smallest absolute Gasteiger partial charge is 0.339 e. The molecule has 0 aliphatic carbocycles. The quantitative estimate of drug-likeness (QED) is 0.719. The zero-order valence-electron chi connectivity index (χ0n) is 10.1. The van der Waals surface area contributed by atoms with Gasteiger partial charge in [-0.3, -0.25) is 4.79 Å². The number of carbonyl (C=O) groups is 1. The number of hydrogen-bond donors (Lipinski definition) is 0. The van der Waals surface area contributed by atoms with Gasteiger partial charge in [-0.05, 0) is 37.5 Å². The Balaban J connectivity index is 2.27. The number of halogens is 4. The Morgan fingerprint density at radius 1 is 1.11 bits per heavy atom. The van der Waals surface area contributed by atoms with Crippen LogP contribution in [0, 0.1) is 5.82 Å². The fourth-order valence-electron chi connectivity index (χ4n) is 2.16. The van der Waals surface area contributed by atoms with E-state index in [-0.39, 0.29) is 5.56 Å². The molecule has 0 radical (unpaired) electrons. The van der Waals surface area contributed by atoms with E-state index >= 15 is 0 Å². The first-order valence-corrected chi connectivity index (χ1v) is 6.05. The molecule has 1 saturated heterocycles. The first kappa shape index (κ1) is 13.8. The molecule has 0 saturated carbocycles. The van der Waals surface area contributed by atoms with E-state index in [4.69, 9.17) is 0 Å². The summed E-state index contributed by atoms with van der Waals surface area (Å²) in [6.07, 6.45) is -2.08. The Morgan fingerprint density at radius 3 is 2.32 bits per heavy atom. The lowest BCUT2D eigenvalue weighted by molar-refractivity contribution is -0.140. The molecule has 2 nitrogen and oxygen atoms in total. The first-order valence-electron chi connectivity index (χ1n) is 6.05. The molecule has 1 amide bonds. The van der Waals surface area contributed by atoms with Gasteiger partial charge in [-0.2, -0.15) is 13.2 Å². The molecule has 0 N–H and O–H groups in total. The van der Waals surface area contributed by atoms with Gasteiger partial charge in [-0.15, -0.1) is 0 Å². The van der Waals surface area contributed by atoms with E-state index in [1.165, 1.54) is 4.90 Å². The molecule has 2 rings (SSSR count). The van der Waals surface area contributed by atoms with Gasteiger partial charge in [-0.1, -0.05) is 0 Å². The highest BCUT2D eigenvalue weighted by Gasteiger charge is 2.35. The number of piperidine rings is 1.